The fourth-order valence-corrected chi connectivity index (χ4v) is 4.58. The van der Waals surface area contributed by atoms with Crippen molar-refractivity contribution in [1.29, 1.82) is 0 Å². The Kier molecular flexibility index (Phi) is 7.57. The molecule has 3 aromatic rings. The Bertz CT molecular complexity index is 1230. The van der Waals surface area contributed by atoms with Crippen LogP contribution in [0.2, 0.25) is 0 Å². The molecule has 0 saturated carbocycles. The lowest BCUT2D eigenvalue weighted by molar-refractivity contribution is 0.0950. The van der Waals surface area contributed by atoms with Crippen molar-refractivity contribution in [2.75, 3.05) is 27.1 Å². The highest BCUT2D eigenvalue weighted by Gasteiger charge is 2.20. The smallest absolute Gasteiger partial charge is 0.251 e. The zero-order valence-corrected chi connectivity index (χ0v) is 20.6. The van der Waals surface area contributed by atoms with Gasteiger partial charge in [0.2, 0.25) is 12.5 Å². The van der Waals surface area contributed by atoms with Gasteiger partial charge in [-0.1, -0.05) is 24.3 Å². The van der Waals surface area contributed by atoms with Gasteiger partial charge < -0.3 is 29.6 Å². The molecule has 7 nitrogen and oxygen atoms in total. The highest BCUT2D eigenvalue weighted by Crippen LogP contribution is 2.41. The van der Waals surface area contributed by atoms with Crippen molar-refractivity contribution in [3.05, 3.63) is 82.4 Å². The van der Waals surface area contributed by atoms with Crippen LogP contribution in [0, 0.1) is 0 Å². The van der Waals surface area contributed by atoms with Crippen LogP contribution in [0.5, 0.6) is 23.0 Å². The van der Waals surface area contributed by atoms with Gasteiger partial charge in [0.05, 0.1) is 13.7 Å². The summed E-state index contributed by atoms with van der Waals surface area (Å²) >= 11 is 0. The highest BCUT2D eigenvalue weighted by molar-refractivity contribution is 5.94. The summed E-state index contributed by atoms with van der Waals surface area (Å²) in [5.74, 6) is 2.51. The molecule has 3 aromatic carbocycles. The minimum atomic E-state index is -0.146. The molecule has 0 aliphatic carbocycles. The SMILES string of the molecule is COc1cc(CNC(=O)c2ccc3c(c2)Cc2cccc(c2)CNCCCCCO3)cc2c1OCO2. The number of fused-ring (bicyclic) bond motifs is 4. The topological polar surface area (TPSA) is 78.1 Å². The molecule has 0 fully saturated rings. The lowest BCUT2D eigenvalue weighted by Gasteiger charge is -2.15. The van der Waals surface area contributed by atoms with E-state index >= 15 is 0 Å². The molecule has 2 bridgehead atoms. The van der Waals surface area contributed by atoms with Crippen LogP contribution in [0.25, 0.3) is 0 Å². The third-order valence-corrected chi connectivity index (χ3v) is 6.46. The van der Waals surface area contributed by atoms with Crippen LogP contribution in [0.1, 0.15) is 51.9 Å². The van der Waals surface area contributed by atoms with Crippen molar-refractivity contribution in [2.24, 2.45) is 0 Å². The molecule has 0 saturated heterocycles. The van der Waals surface area contributed by atoms with Gasteiger partial charge in [0.25, 0.3) is 5.91 Å². The predicted molar refractivity (Wildman–Crippen MR) is 137 cm³/mol. The zero-order valence-electron chi connectivity index (χ0n) is 20.6. The number of amides is 1. The number of hydrogen-bond acceptors (Lipinski definition) is 6. The minimum Gasteiger partial charge on any atom is -0.493 e. The van der Waals surface area contributed by atoms with Gasteiger partial charge in [-0.2, -0.15) is 0 Å². The van der Waals surface area contributed by atoms with Crippen LogP contribution in [0.3, 0.4) is 0 Å². The molecule has 5 rings (SSSR count). The molecule has 0 spiro atoms. The van der Waals surface area contributed by atoms with Crippen LogP contribution < -0.4 is 29.6 Å². The molecule has 2 aliphatic rings. The zero-order chi connectivity index (χ0) is 24.7. The normalized spacial score (nSPS) is 15.2. The summed E-state index contributed by atoms with van der Waals surface area (Å²) in [7, 11) is 1.59. The molecule has 0 aromatic heterocycles. The third-order valence-electron chi connectivity index (χ3n) is 6.46. The average Bonchev–Trinajstić information content (AvgIpc) is 3.37. The Balaban J connectivity index is 1.34. The van der Waals surface area contributed by atoms with Crippen molar-refractivity contribution >= 4 is 5.91 Å². The van der Waals surface area contributed by atoms with Crippen LogP contribution in [-0.2, 0) is 19.5 Å². The third kappa shape index (κ3) is 5.74. The first-order chi connectivity index (χ1) is 17.7. The van der Waals surface area contributed by atoms with E-state index in [1.807, 2.05) is 30.3 Å². The van der Waals surface area contributed by atoms with E-state index < -0.39 is 0 Å². The first-order valence-electron chi connectivity index (χ1n) is 12.5. The molecule has 2 N–H and O–H groups in total. The first-order valence-corrected chi connectivity index (χ1v) is 12.5. The maximum Gasteiger partial charge on any atom is 0.251 e. The van der Waals surface area contributed by atoms with Crippen LogP contribution in [0.15, 0.2) is 54.6 Å². The van der Waals surface area contributed by atoms with Gasteiger partial charge in [-0.05, 0) is 78.4 Å². The Morgan fingerprint density at radius 3 is 2.81 bits per heavy atom. The quantitative estimate of drug-likeness (QED) is 0.559. The summed E-state index contributed by atoms with van der Waals surface area (Å²) < 4.78 is 22.5. The van der Waals surface area contributed by atoms with Gasteiger partial charge >= 0.3 is 0 Å². The monoisotopic (exact) mass is 488 g/mol. The molecular formula is C29H32N2O5. The van der Waals surface area contributed by atoms with Crippen molar-refractivity contribution in [3.8, 4) is 23.0 Å². The van der Waals surface area contributed by atoms with Crippen molar-refractivity contribution in [2.45, 2.75) is 38.8 Å². The summed E-state index contributed by atoms with van der Waals surface area (Å²) in [6.07, 6.45) is 3.95. The number of nitrogens with one attached hydrogen (secondary N) is 2. The standard InChI is InChI=1S/C29H32N2O5/c1-33-26-14-22(15-27-28(26)36-19-35-27)18-31-29(32)23-8-9-25-24(16-23)13-20-6-5-7-21(12-20)17-30-10-3-2-4-11-34-25/h5-9,12,14-16,30H,2-4,10-11,13,17-19H2,1H3,(H,31,32). The summed E-state index contributed by atoms with van der Waals surface area (Å²) in [4.78, 5) is 13.1. The number of rotatable bonds is 4. The number of carbonyl (C=O) groups excluding carboxylic acids is 1. The molecule has 2 heterocycles. The molecule has 2 aliphatic heterocycles. The van der Waals surface area contributed by atoms with E-state index in [9.17, 15) is 4.79 Å². The second-order valence-electron chi connectivity index (χ2n) is 9.12. The number of methoxy groups -OCH3 is 1. The van der Waals surface area contributed by atoms with E-state index in [1.165, 1.54) is 11.1 Å². The average molecular weight is 489 g/mol. The van der Waals surface area contributed by atoms with E-state index in [-0.39, 0.29) is 12.7 Å². The van der Waals surface area contributed by atoms with E-state index in [4.69, 9.17) is 18.9 Å². The summed E-state index contributed by atoms with van der Waals surface area (Å²) in [6.45, 7) is 3.06. The molecule has 188 valence electrons. The largest absolute Gasteiger partial charge is 0.493 e. The second kappa shape index (κ2) is 11.4. The van der Waals surface area contributed by atoms with Gasteiger partial charge in [-0.25, -0.2) is 0 Å². The Hall–Kier alpha value is -3.71. The number of carbonyl (C=O) groups is 1. The molecule has 1 amide bonds. The first kappa shape index (κ1) is 24.0. The lowest BCUT2D eigenvalue weighted by Crippen LogP contribution is -2.23. The highest BCUT2D eigenvalue weighted by atomic mass is 16.7. The Morgan fingerprint density at radius 2 is 1.89 bits per heavy atom. The van der Waals surface area contributed by atoms with E-state index in [0.717, 1.165) is 49.2 Å². The van der Waals surface area contributed by atoms with E-state index in [1.54, 1.807) is 7.11 Å². The van der Waals surface area contributed by atoms with Gasteiger partial charge in [-0.3, -0.25) is 4.79 Å². The van der Waals surface area contributed by atoms with Gasteiger partial charge in [-0.15, -0.1) is 0 Å². The van der Waals surface area contributed by atoms with Crippen LogP contribution in [0.4, 0.5) is 0 Å². The summed E-state index contributed by atoms with van der Waals surface area (Å²) in [6, 6.07) is 18.0. The molecule has 0 unspecified atom stereocenters. The molecule has 36 heavy (non-hydrogen) atoms. The fraction of sp³-hybridized carbons (Fsp3) is 0.345. The van der Waals surface area contributed by atoms with Gasteiger partial charge in [0, 0.05) is 25.1 Å². The predicted octanol–water partition coefficient (Wildman–Crippen LogP) is 4.60. The summed E-state index contributed by atoms with van der Waals surface area (Å²) in [5, 5.41) is 6.54. The van der Waals surface area contributed by atoms with Crippen molar-refractivity contribution < 1.29 is 23.7 Å². The lowest BCUT2D eigenvalue weighted by atomic mass is 9.99. The Labute approximate surface area is 211 Å². The van der Waals surface area contributed by atoms with Gasteiger partial charge in [0.15, 0.2) is 11.5 Å². The van der Waals surface area contributed by atoms with Gasteiger partial charge in [0.1, 0.15) is 5.75 Å². The van der Waals surface area contributed by atoms with Crippen molar-refractivity contribution in [1.82, 2.24) is 10.6 Å². The van der Waals surface area contributed by atoms with Crippen molar-refractivity contribution in [3.63, 3.8) is 0 Å². The fourth-order valence-electron chi connectivity index (χ4n) is 4.58. The second-order valence-corrected chi connectivity index (χ2v) is 9.12. The minimum absolute atomic E-state index is 0.146. The maximum atomic E-state index is 13.1. The molecule has 7 heteroatoms. The molecule has 0 atom stereocenters. The number of benzene rings is 3. The van der Waals surface area contributed by atoms with E-state index in [2.05, 4.69) is 34.9 Å². The Morgan fingerprint density at radius 1 is 0.972 bits per heavy atom. The van der Waals surface area contributed by atoms with E-state index in [0.29, 0.717) is 42.4 Å². The summed E-state index contributed by atoms with van der Waals surface area (Å²) in [5.41, 5.74) is 4.94. The van der Waals surface area contributed by atoms with Crippen LogP contribution >= 0.6 is 0 Å². The number of hydrogen-bond donors (Lipinski definition) is 2. The number of ether oxygens (including phenoxy) is 4. The molecular weight excluding hydrogens is 456 g/mol. The molecule has 0 radical (unpaired) electrons. The van der Waals surface area contributed by atoms with Crippen LogP contribution in [-0.4, -0.2) is 33.0 Å². The maximum absolute atomic E-state index is 13.1.